The monoisotopic (exact) mass is 315 g/mol. The quantitative estimate of drug-likeness (QED) is 0.869. The van der Waals surface area contributed by atoms with Crippen molar-refractivity contribution in [2.24, 2.45) is 5.92 Å². The Bertz CT molecular complexity index is 596. The van der Waals surface area contributed by atoms with Crippen LogP contribution in [0.5, 0.6) is 0 Å². The second-order valence-corrected chi connectivity index (χ2v) is 6.85. The summed E-state index contributed by atoms with van der Waals surface area (Å²) in [4.78, 5) is 24.1. The number of hydrogen-bond donors (Lipinski definition) is 1. The van der Waals surface area contributed by atoms with Crippen molar-refractivity contribution < 1.29 is 14.3 Å². The number of fused-ring (bicyclic) bond motifs is 1. The number of carbonyl (C=O) groups excluding carboxylic acids is 2. The fourth-order valence-electron chi connectivity index (χ4n) is 3.69. The third-order valence-electron chi connectivity index (χ3n) is 5.13. The number of amides is 1. The van der Waals surface area contributed by atoms with E-state index in [4.69, 9.17) is 4.74 Å². The van der Waals surface area contributed by atoms with Crippen LogP contribution in [0, 0.1) is 5.92 Å². The molecule has 0 saturated heterocycles. The Morgan fingerprint density at radius 3 is 2.74 bits per heavy atom. The average molecular weight is 315 g/mol. The number of esters is 1. The molecule has 0 heterocycles. The summed E-state index contributed by atoms with van der Waals surface area (Å²) >= 11 is 0. The topological polar surface area (TPSA) is 55.4 Å². The Labute approximate surface area is 137 Å². The van der Waals surface area contributed by atoms with Gasteiger partial charge < -0.3 is 10.1 Å². The van der Waals surface area contributed by atoms with Crippen LogP contribution in [0.25, 0.3) is 0 Å². The summed E-state index contributed by atoms with van der Waals surface area (Å²) in [6.45, 7) is 1.97. The minimum Gasteiger partial charge on any atom is -0.452 e. The Balaban J connectivity index is 1.49. The zero-order chi connectivity index (χ0) is 16.2. The van der Waals surface area contributed by atoms with Gasteiger partial charge in [0.05, 0.1) is 5.56 Å². The lowest BCUT2D eigenvalue weighted by Crippen LogP contribution is -2.42. The molecule has 0 radical (unpaired) electrons. The van der Waals surface area contributed by atoms with Crippen LogP contribution in [-0.4, -0.2) is 24.5 Å². The summed E-state index contributed by atoms with van der Waals surface area (Å²) in [6.07, 6.45) is 7.83. The van der Waals surface area contributed by atoms with Gasteiger partial charge in [0.15, 0.2) is 6.61 Å². The molecular formula is C19H25NO3. The van der Waals surface area contributed by atoms with Gasteiger partial charge >= 0.3 is 5.97 Å². The van der Waals surface area contributed by atoms with Crippen LogP contribution in [-0.2, 0) is 22.4 Å². The molecule has 4 nitrogen and oxygen atoms in total. The van der Waals surface area contributed by atoms with E-state index < -0.39 is 5.97 Å². The predicted molar refractivity (Wildman–Crippen MR) is 88.3 cm³/mol. The highest BCUT2D eigenvalue weighted by molar-refractivity contribution is 5.91. The van der Waals surface area contributed by atoms with Gasteiger partial charge in [-0.05, 0) is 61.3 Å². The second-order valence-electron chi connectivity index (χ2n) is 6.85. The number of aryl methyl sites for hydroxylation is 2. The SMILES string of the molecule is C[C@@H]1CCCC[C@@H]1NC(=O)COC(=O)c1ccc2c(c1)CCC2. The molecule has 1 fully saturated rings. The summed E-state index contributed by atoms with van der Waals surface area (Å²) in [6, 6.07) is 5.93. The highest BCUT2D eigenvalue weighted by Gasteiger charge is 2.23. The van der Waals surface area contributed by atoms with Crippen LogP contribution in [0.2, 0.25) is 0 Å². The minimum atomic E-state index is -0.411. The minimum absolute atomic E-state index is 0.195. The molecule has 4 heteroatoms. The van der Waals surface area contributed by atoms with Crippen LogP contribution >= 0.6 is 0 Å². The third kappa shape index (κ3) is 3.92. The number of nitrogens with one attached hydrogen (secondary N) is 1. The van der Waals surface area contributed by atoms with E-state index >= 15 is 0 Å². The van der Waals surface area contributed by atoms with Crippen LogP contribution in [0.3, 0.4) is 0 Å². The lowest BCUT2D eigenvalue weighted by atomic mass is 9.86. The molecule has 124 valence electrons. The number of ether oxygens (including phenoxy) is 1. The summed E-state index contributed by atoms with van der Waals surface area (Å²) in [7, 11) is 0. The zero-order valence-corrected chi connectivity index (χ0v) is 13.8. The Hall–Kier alpha value is -1.84. The molecule has 1 N–H and O–H groups in total. The van der Waals surface area contributed by atoms with Crippen molar-refractivity contribution in [3.63, 3.8) is 0 Å². The fraction of sp³-hybridized carbons (Fsp3) is 0.579. The molecule has 0 unspecified atom stereocenters. The molecule has 3 rings (SSSR count). The largest absolute Gasteiger partial charge is 0.452 e. The molecule has 2 aliphatic carbocycles. The van der Waals surface area contributed by atoms with E-state index in [0.717, 1.165) is 38.5 Å². The normalized spacial score (nSPS) is 23.2. The van der Waals surface area contributed by atoms with Crippen molar-refractivity contribution in [1.29, 1.82) is 0 Å². The van der Waals surface area contributed by atoms with Crippen LogP contribution in [0.15, 0.2) is 18.2 Å². The van der Waals surface area contributed by atoms with Gasteiger partial charge in [0.1, 0.15) is 0 Å². The first-order chi connectivity index (χ1) is 11.1. The molecule has 1 aromatic carbocycles. The molecule has 1 amide bonds. The molecule has 0 aliphatic heterocycles. The molecule has 2 atom stereocenters. The van der Waals surface area contributed by atoms with Gasteiger partial charge in [-0.1, -0.05) is 25.8 Å². The van der Waals surface area contributed by atoms with E-state index in [2.05, 4.69) is 12.2 Å². The molecule has 1 saturated carbocycles. The van der Waals surface area contributed by atoms with E-state index in [9.17, 15) is 9.59 Å². The van der Waals surface area contributed by atoms with Crippen molar-refractivity contribution in [2.45, 2.75) is 57.9 Å². The van der Waals surface area contributed by atoms with Gasteiger partial charge in [-0.15, -0.1) is 0 Å². The third-order valence-corrected chi connectivity index (χ3v) is 5.13. The highest BCUT2D eigenvalue weighted by Crippen LogP contribution is 2.24. The van der Waals surface area contributed by atoms with Gasteiger partial charge in [-0.3, -0.25) is 4.79 Å². The second kappa shape index (κ2) is 7.16. The van der Waals surface area contributed by atoms with E-state index in [1.54, 1.807) is 6.07 Å². The van der Waals surface area contributed by atoms with Crippen LogP contribution < -0.4 is 5.32 Å². The van der Waals surface area contributed by atoms with Gasteiger partial charge in [-0.25, -0.2) is 4.79 Å². The zero-order valence-electron chi connectivity index (χ0n) is 13.8. The maximum Gasteiger partial charge on any atom is 0.338 e. The van der Waals surface area contributed by atoms with Crippen molar-refractivity contribution >= 4 is 11.9 Å². The summed E-state index contributed by atoms with van der Waals surface area (Å²) < 4.78 is 5.18. The molecule has 1 aromatic rings. The van der Waals surface area contributed by atoms with Crippen molar-refractivity contribution in [3.05, 3.63) is 34.9 Å². The van der Waals surface area contributed by atoms with Gasteiger partial charge in [0.25, 0.3) is 5.91 Å². The Morgan fingerprint density at radius 1 is 1.13 bits per heavy atom. The van der Waals surface area contributed by atoms with Crippen molar-refractivity contribution in [3.8, 4) is 0 Å². The molecule has 0 bridgehead atoms. The van der Waals surface area contributed by atoms with Crippen LogP contribution in [0.4, 0.5) is 0 Å². The lowest BCUT2D eigenvalue weighted by Gasteiger charge is -2.29. The first-order valence-corrected chi connectivity index (χ1v) is 8.72. The highest BCUT2D eigenvalue weighted by atomic mass is 16.5. The van der Waals surface area contributed by atoms with Gasteiger partial charge in [0.2, 0.25) is 0 Å². The fourth-order valence-corrected chi connectivity index (χ4v) is 3.69. The van der Waals surface area contributed by atoms with Crippen molar-refractivity contribution in [2.75, 3.05) is 6.61 Å². The molecule has 2 aliphatic rings. The molecule has 0 aromatic heterocycles. The molecule has 23 heavy (non-hydrogen) atoms. The standard InChI is InChI=1S/C19H25NO3/c1-13-5-2-3-8-17(13)20-18(21)12-23-19(22)16-10-9-14-6-4-7-15(14)11-16/h9-11,13,17H,2-8,12H2,1H3,(H,20,21)/t13-,17+/m1/s1. The molecular weight excluding hydrogens is 290 g/mol. The number of rotatable bonds is 4. The maximum atomic E-state index is 12.1. The first-order valence-electron chi connectivity index (χ1n) is 8.72. The smallest absolute Gasteiger partial charge is 0.338 e. The van der Waals surface area contributed by atoms with Crippen molar-refractivity contribution in [1.82, 2.24) is 5.32 Å². The summed E-state index contributed by atoms with van der Waals surface area (Å²) in [5.41, 5.74) is 3.11. The number of carbonyl (C=O) groups is 2. The van der Waals surface area contributed by atoms with E-state index in [1.807, 2.05) is 12.1 Å². The maximum absolute atomic E-state index is 12.1. The van der Waals surface area contributed by atoms with E-state index in [-0.39, 0.29) is 18.6 Å². The van der Waals surface area contributed by atoms with E-state index in [0.29, 0.717) is 11.5 Å². The molecule has 0 spiro atoms. The summed E-state index contributed by atoms with van der Waals surface area (Å²) in [5, 5.41) is 3.00. The van der Waals surface area contributed by atoms with Gasteiger partial charge in [-0.2, -0.15) is 0 Å². The predicted octanol–water partition coefficient (Wildman–Crippen LogP) is 3.03. The lowest BCUT2D eigenvalue weighted by molar-refractivity contribution is -0.125. The number of benzene rings is 1. The van der Waals surface area contributed by atoms with Crippen LogP contribution in [0.1, 0.15) is 60.5 Å². The Morgan fingerprint density at radius 2 is 1.91 bits per heavy atom. The van der Waals surface area contributed by atoms with Gasteiger partial charge in [0, 0.05) is 6.04 Å². The average Bonchev–Trinajstić information content (AvgIpc) is 3.02. The number of hydrogen-bond acceptors (Lipinski definition) is 3. The Kier molecular flexibility index (Phi) is 4.99. The first kappa shape index (κ1) is 16.0. The summed E-state index contributed by atoms with van der Waals surface area (Å²) in [5.74, 6) is -0.107. The van der Waals surface area contributed by atoms with E-state index in [1.165, 1.54) is 17.5 Å².